The summed E-state index contributed by atoms with van der Waals surface area (Å²) in [7, 11) is 0. The Hall–Kier alpha value is -6.39. The normalized spacial score (nSPS) is 12.1. The summed E-state index contributed by atoms with van der Waals surface area (Å²) in [5.74, 6) is 0.325. The minimum absolute atomic E-state index is 0.0335. The molecule has 0 aliphatic carbocycles. The number of aryl methyl sites for hydroxylation is 3. The van der Waals surface area contributed by atoms with Crippen molar-refractivity contribution in [2.45, 2.75) is 58.8 Å². The molecule has 0 saturated heterocycles. The molecule has 0 aliphatic heterocycles. The Morgan fingerprint density at radius 3 is 1.85 bits per heavy atom. The summed E-state index contributed by atoms with van der Waals surface area (Å²) < 4.78 is 77.7. The molecule has 0 bridgehead atoms. The predicted octanol–water partition coefficient (Wildman–Crippen LogP) is 6.62. The molecule has 8 aromatic rings. The second kappa shape index (κ2) is 13.9. The van der Waals surface area contributed by atoms with Crippen LogP contribution in [0.4, 0.5) is 22.0 Å². The fourth-order valence-electron chi connectivity index (χ4n) is 6.38. The van der Waals surface area contributed by atoms with Crippen LogP contribution in [0.3, 0.4) is 0 Å². The highest BCUT2D eigenvalue weighted by atomic mass is 19.4. The molecule has 274 valence electrons. The highest BCUT2D eigenvalue weighted by molar-refractivity contribution is 5.57. The molecule has 0 saturated carbocycles. The van der Waals surface area contributed by atoms with E-state index in [0.717, 1.165) is 10.5 Å². The largest absolute Gasteiger partial charge is 0.390 e. The first kappa shape index (κ1) is 34.7. The van der Waals surface area contributed by atoms with Gasteiger partial charge in [-0.3, -0.25) is 0 Å². The topological polar surface area (TPSA) is 122 Å². The fraction of sp³-hybridized carbons (Fsp3) is 0.243. The van der Waals surface area contributed by atoms with Crippen LogP contribution in [0.25, 0.3) is 34.3 Å². The molecule has 0 aliphatic rings. The quantitative estimate of drug-likeness (QED) is 0.136. The molecule has 0 fully saturated rings. The maximum atomic E-state index is 16.4. The summed E-state index contributed by atoms with van der Waals surface area (Å²) in [5.41, 5.74) is 3.54. The Balaban J connectivity index is 1.14. The molecular weight excluding hydrogens is 707 g/mol. The van der Waals surface area contributed by atoms with E-state index in [2.05, 4.69) is 35.1 Å². The smallest absolute Gasteiger partial charge is 0.303 e. The highest BCUT2D eigenvalue weighted by Gasteiger charge is 2.28. The molecule has 12 nitrogen and oxygen atoms in total. The van der Waals surface area contributed by atoms with Crippen molar-refractivity contribution in [3.05, 3.63) is 131 Å². The third kappa shape index (κ3) is 6.91. The zero-order valence-electron chi connectivity index (χ0n) is 29.0. The van der Waals surface area contributed by atoms with Gasteiger partial charge in [0.15, 0.2) is 11.3 Å². The Morgan fingerprint density at radius 2 is 1.24 bits per heavy atom. The lowest BCUT2D eigenvalue weighted by Crippen LogP contribution is -2.15. The molecule has 6 heterocycles. The van der Waals surface area contributed by atoms with E-state index in [0.29, 0.717) is 51.9 Å². The number of halogens is 5. The fourth-order valence-corrected chi connectivity index (χ4v) is 6.38. The van der Waals surface area contributed by atoms with Crippen LogP contribution in [-0.4, -0.2) is 64.4 Å². The van der Waals surface area contributed by atoms with Gasteiger partial charge < -0.3 is 8.80 Å². The van der Waals surface area contributed by atoms with Crippen LogP contribution in [0.5, 0.6) is 0 Å². The van der Waals surface area contributed by atoms with Crippen molar-refractivity contribution in [1.82, 2.24) is 58.3 Å². The van der Waals surface area contributed by atoms with Crippen molar-refractivity contribution < 1.29 is 22.0 Å². The second-order valence-electron chi connectivity index (χ2n) is 12.7. The summed E-state index contributed by atoms with van der Waals surface area (Å²) in [5, 5.41) is 8.96. The van der Waals surface area contributed by atoms with Gasteiger partial charge in [0.1, 0.15) is 34.7 Å². The first-order valence-electron chi connectivity index (χ1n) is 17.1. The maximum Gasteiger partial charge on any atom is 0.390 e. The third-order valence-electron chi connectivity index (χ3n) is 9.04. The van der Waals surface area contributed by atoms with Crippen LogP contribution in [0.15, 0.2) is 79.6 Å². The van der Waals surface area contributed by atoms with E-state index in [1.807, 2.05) is 13.8 Å². The Kier molecular flexibility index (Phi) is 8.91. The van der Waals surface area contributed by atoms with Gasteiger partial charge in [0, 0.05) is 63.0 Å². The zero-order valence-corrected chi connectivity index (χ0v) is 29.0. The van der Waals surface area contributed by atoms with Gasteiger partial charge in [-0.15, -0.1) is 10.2 Å². The van der Waals surface area contributed by atoms with Gasteiger partial charge in [-0.2, -0.15) is 13.2 Å². The lowest BCUT2D eigenvalue weighted by Gasteiger charge is -2.11. The number of aromatic nitrogens is 12. The van der Waals surface area contributed by atoms with Crippen molar-refractivity contribution in [2.75, 3.05) is 0 Å². The predicted molar refractivity (Wildman–Crippen MR) is 186 cm³/mol. The molecule has 0 amide bonds. The number of alkyl halides is 3. The number of fused-ring (bicyclic) bond motifs is 2. The highest BCUT2D eigenvalue weighted by Crippen LogP contribution is 2.26. The van der Waals surface area contributed by atoms with Crippen LogP contribution in [-0.2, 0) is 32.4 Å². The average Bonchev–Trinajstić information content (AvgIpc) is 3.96. The number of benzene rings is 2. The molecule has 6 aromatic heterocycles. The van der Waals surface area contributed by atoms with Gasteiger partial charge >= 0.3 is 6.18 Å². The third-order valence-corrected chi connectivity index (χ3v) is 9.04. The summed E-state index contributed by atoms with van der Waals surface area (Å²) >= 11 is 0. The Morgan fingerprint density at radius 1 is 0.667 bits per heavy atom. The maximum absolute atomic E-state index is 16.4. The average molecular weight is 739 g/mol. The first-order chi connectivity index (χ1) is 26.0. The van der Waals surface area contributed by atoms with Crippen LogP contribution in [0.2, 0.25) is 0 Å². The summed E-state index contributed by atoms with van der Waals surface area (Å²) in [4.78, 5) is 27.4. The summed E-state index contributed by atoms with van der Waals surface area (Å²) in [6.07, 6.45) is 4.32. The molecule has 0 atom stereocenters. The van der Waals surface area contributed by atoms with Gasteiger partial charge in [-0.05, 0) is 36.6 Å². The lowest BCUT2D eigenvalue weighted by molar-refractivity contribution is -0.137. The van der Waals surface area contributed by atoms with Crippen LogP contribution < -0.4 is 0 Å². The number of rotatable bonds is 11. The Bertz CT molecular complexity index is 2630. The lowest BCUT2D eigenvalue weighted by atomic mass is 10.0. The van der Waals surface area contributed by atoms with Gasteiger partial charge in [0.2, 0.25) is 11.6 Å². The second-order valence-corrected chi connectivity index (χ2v) is 12.7. The molecule has 17 heteroatoms. The van der Waals surface area contributed by atoms with Crippen molar-refractivity contribution in [2.24, 2.45) is 0 Å². The minimum Gasteiger partial charge on any atom is -0.303 e. The minimum atomic E-state index is -4.47. The number of hydrogen-bond donors (Lipinski definition) is 0. The van der Waals surface area contributed by atoms with Crippen LogP contribution >= 0.6 is 0 Å². The molecule has 0 unspecified atom stereocenters. The van der Waals surface area contributed by atoms with E-state index in [-0.39, 0.29) is 42.2 Å². The number of nitrogens with zero attached hydrogens (tertiary/aromatic N) is 12. The molecule has 0 spiro atoms. The van der Waals surface area contributed by atoms with Gasteiger partial charge in [0.05, 0.1) is 24.4 Å². The van der Waals surface area contributed by atoms with E-state index in [1.54, 1.807) is 87.1 Å². The van der Waals surface area contributed by atoms with E-state index in [9.17, 15) is 17.6 Å². The molecule has 2 aromatic carbocycles. The molecule has 0 N–H and O–H groups in total. The number of imidazole rings is 2. The SMILES string of the molecule is CCn1nc(-c2cn3ccnc3c(Cc3cccc(Cc4nc(-c5cn6ccnc6c(Cc6ccccc6F)n5)nn4CCC(F)(F)F)c3F)n2)nc1C. The molecule has 54 heavy (non-hydrogen) atoms. The molecule has 0 radical (unpaired) electrons. The first-order valence-corrected chi connectivity index (χ1v) is 17.1. The van der Waals surface area contributed by atoms with Crippen molar-refractivity contribution in [3.8, 4) is 23.0 Å². The molecular formula is C37H31F5N12. The van der Waals surface area contributed by atoms with E-state index >= 15 is 4.39 Å². The van der Waals surface area contributed by atoms with Crippen LogP contribution in [0, 0.1) is 18.6 Å². The van der Waals surface area contributed by atoms with Gasteiger partial charge in [-0.25, -0.2) is 48.0 Å². The number of hydrogen-bond acceptors (Lipinski definition) is 8. The Labute approximate surface area is 304 Å². The van der Waals surface area contributed by atoms with Crippen LogP contribution in [0.1, 0.15) is 53.1 Å². The summed E-state index contributed by atoms with van der Waals surface area (Å²) in [6.45, 7) is 3.90. The standard InChI is InChI=1S/C37H31F5N12/c1-3-53-22(2)45-33(49-53)29-20-51-15-13-44-36(51)28(47-29)18-24-8-6-9-25(32(24)39)19-31-48-34(50-54(31)14-11-37(40,41)42)30-21-52-16-12-43-35(52)27(46-30)17-23-7-4-5-10-26(23)38/h4-10,12-13,15-16,20-21H,3,11,14,17-19H2,1-2H3. The van der Waals surface area contributed by atoms with Crippen molar-refractivity contribution in [1.29, 1.82) is 0 Å². The van der Waals surface area contributed by atoms with E-state index in [4.69, 9.17) is 4.98 Å². The van der Waals surface area contributed by atoms with Crippen molar-refractivity contribution >= 4 is 11.3 Å². The van der Waals surface area contributed by atoms with Gasteiger partial charge in [-0.1, -0.05) is 36.4 Å². The monoisotopic (exact) mass is 738 g/mol. The molecule has 8 rings (SSSR count). The van der Waals surface area contributed by atoms with Crippen molar-refractivity contribution in [3.63, 3.8) is 0 Å². The summed E-state index contributed by atoms with van der Waals surface area (Å²) in [6, 6.07) is 11.1. The van der Waals surface area contributed by atoms with E-state index < -0.39 is 30.8 Å². The zero-order chi connectivity index (χ0) is 37.6. The van der Waals surface area contributed by atoms with E-state index in [1.165, 1.54) is 6.07 Å². The van der Waals surface area contributed by atoms with Gasteiger partial charge in [0.25, 0.3) is 0 Å².